The molecule has 0 radical (unpaired) electrons. The van der Waals surface area contributed by atoms with Crippen molar-refractivity contribution in [3.63, 3.8) is 0 Å². The van der Waals surface area contributed by atoms with Gasteiger partial charge in [0.25, 0.3) is 0 Å². The SMILES string of the molecule is Cc1ccc(N=S2(=O)CCC2)cc1. The smallest absolute Gasteiger partial charge is 0.0730 e. The highest BCUT2D eigenvalue weighted by molar-refractivity contribution is 7.95. The summed E-state index contributed by atoms with van der Waals surface area (Å²) in [5.74, 6) is 1.56. The lowest BCUT2D eigenvalue weighted by Gasteiger charge is -2.17. The quantitative estimate of drug-likeness (QED) is 0.677. The molecule has 0 spiro atoms. The summed E-state index contributed by atoms with van der Waals surface area (Å²) >= 11 is 0. The topological polar surface area (TPSA) is 29.4 Å². The van der Waals surface area contributed by atoms with Crippen molar-refractivity contribution in [3.05, 3.63) is 29.8 Å². The highest BCUT2D eigenvalue weighted by atomic mass is 32.2. The van der Waals surface area contributed by atoms with Crippen LogP contribution in [0.25, 0.3) is 0 Å². The Hall–Kier alpha value is -0.830. The summed E-state index contributed by atoms with van der Waals surface area (Å²) < 4.78 is 16.0. The zero-order valence-corrected chi connectivity index (χ0v) is 8.51. The van der Waals surface area contributed by atoms with Gasteiger partial charge in [-0.25, -0.2) is 4.21 Å². The van der Waals surface area contributed by atoms with Crippen LogP contribution < -0.4 is 0 Å². The Morgan fingerprint density at radius 3 is 2.31 bits per heavy atom. The van der Waals surface area contributed by atoms with E-state index in [1.165, 1.54) is 5.56 Å². The van der Waals surface area contributed by atoms with Crippen LogP contribution >= 0.6 is 0 Å². The maximum atomic E-state index is 11.7. The minimum Gasteiger partial charge on any atom is -0.249 e. The van der Waals surface area contributed by atoms with Gasteiger partial charge < -0.3 is 0 Å². The van der Waals surface area contributed by atoms with E-state index < -0.39 is 9.73 Å². The van der Waals surface area contributed by atoms with Crippen LogP contribution in [0.15, 0.2) is 28.6 Å². The minimum absolute atomic E-state index is 0.779. The van der Waals surface area contributed by atoms with Crippen molar-refractivity contribution < 1.29 is 4.21 Å². The van der Waals surface area contributed by atoms with Crippen LogP contribution in [0.4, 0.5) is 5.69 Å². The van der Waals surface area contributed by atoms with Crippen LogP contribution in [0, 0.1) is 6.92 Å². The molecule has 1 aliphatic heterocycles. The molecule has 0 aliphatic carbocycles. The molecule has 1 aromatic carbocycles. The molecule has 1 heterocycles. The fraction of sp³-hybridized carbons (Fsp3) is 0.400. The molecular formula is C10H13NOS. The van der Waals surface area contributed by atoms with E-state index >= 15 is 0 Å². The van der Waals surface area contributed by atoms with Crippen molar-refractivity contribution in [2.45, 2.75) is 13.3 Å². The summed E-state index contributed by atoms with van der Waals surface area (Å²) in [6, 6.07) is 7.86. The van der Waals surface area contributed by atoms with Gasteiger partial charge in [-0.1, -0.05) is 17.7 Å². The van der Waals surface area contributed by atoms with E-state index in [0.29, 0.717) is 0 Å². The summed E-state index contributed by atoms with van der Waals surface area (Å²) in [4.78, 5) is 0. The van der Waals surface area contributed by atoms with E-state index in [0.717, 1.165) is 23.6 Å². The third-order valence-electron chi connectivity index (χ3n) is 2.23. The second-order valence-corrected chi connectivity index (χ2v) is 6.01. The summed E-state index contributed by atoms with van der Waals surface area (Å²) in [5.41, 5.74) is 2.07. The summed E-state index contributed by atoms with van der Waals surface area (Å²) in [5, 5.41) is 0. The summed E-state index contributed by atoms with van der Waals surface area (Å²) in [6.07, 6.45) is 1.06. The molecule has 0 amide bonds. The predicted molar refractivity (Wildman–Crippen MR) is 55.8 cm³/mol. The highest BCUT2D eigenvalue weighted by Crippen LogP contribution is 2.21. The van der Waals surface area contributed by atoms with Gasteiger partial charge in [0.15, 0.2) is 0 Å². The molecule has 0 atom stereocenters. The average molecular weight is 195 g/mol. The number of benzene rings is 1. The van der Waals surface area contributed by atoms with E-state index in [9.17, 15) is 4.21 Å². The van der Waals surface area contributed by atoms with Gasteiger partial charge in [0.1, 0.15) is 0 Å². The molecule has 3 heteroatoms. The molecule has 1 aromatic rings. The lowest BCUT2D eigenvalue weighted by molar-refractivity contribution is 0.663. The molecule has 1 aliphatic rings. The first-order valence-electron chi connectivity index (χ1n) is 4.47. The first-order valence-corrected chi connectivity index (χ1v) is 6.32. The maximum Gasteiger partial charge on any atom is 0.0730 e. The van der Waals surface area contributed by atoms with E-state index in [4.69, 9.17) is 0 Å². The van der Waals surface area contributed by atoms with Crippen molar-refractivity contribution in [3.8, 4) is 0 Å². The van der Waals surface area contributed by atoms with Crippen molar-refractivity contribution in [1.29, 1.82) is 0 Å². The average Bonchev–Trinajstić information content (AvgIpc) is 2.06. The molecule has 1 saturated heterocycles. The lowest BCUT2D eigenvalue weighted by Crippen LogP contribution is -2.22. The van der Waals surface area contributed by atoms with Crippen LogP contribution in [0.5, 0.6) is 0 Å². The monoisotopic (exact) mass is 195 g/mol. The standard InChI is InChI=1S/C10H13NOS/c1-9-3-5-10(6-4-9)11-13(12)7-2-8-13/h3-6H,2,7-8H2,1H3. The van der Waals surface area contributed by atoms with Crippen molar-refractivity contribution in [2.24, 2.45) is 4.36 Å². The van der Waals surface area contributed by atoms with Gasteiger partial charge in [-0.2, -0.15) is 4.36 Å². The maximum absolute atomic E-state index is 11.7. The Bertz CT molecular complexity index is 403. The number of nitrogens with zero attached hydrogens (tertiary/aromatic N) is 1. The molecule has 70 valence electrons. The second kappa shape index (κ2) is 3.14. The second-order valence-electron chi connectivity index (χ2n) is 3.46. The third-order valence-corrected chi connectivity index (χ3v) is 4.63. The molecule has 2 rings (SSSR count). The highest BCUT2D eigenvalue weighted by Gasteiger charge is 2.18. The van der Waals surface area contributed by atoms with E-state index in [1.54, 1.807) is 0 Å². The first-order chi connectivity index (χ1) is 6.18. The van der Waals surface area contributed by atoms with Gasteiger partial charge in [0.05, 0.1) is 15.4 Å². The third kappa shape index (κ3) is 1.91. The van der Waals surface area contributed by atoms with Gasteiger partial charge in [0, 0.05) is 11.5 Å². The first kappa shape index (κ1) is 8.75. The minimum atomic E-state index is -1.83. The molecule has 0 aromatic heterocycles. The molecular weight excluding hydrogens is 182 g/mol. The van der Waals surface area contributed by atoms with Gasteiger partial charge in [-0.15, -0.1) is 0 Å². The van der Waals surface area contributed by atoms with Gasteiger partial charge in [-0.05, 0) is 25.5 Å². The van der Waals surface area contributed by atoms with E-state index in [2.05, 4.69) is 4.36 Å². The molecule has 0 saturated carbocycles. The lowest BCUT2D eigenvalue weighted by atomic mass is 10.2. The largest absolute Gasteiger partial charge is 0.249 e. The molecule has 0 bridgehead atoms. The van der Waals surface area contributed by atoms with Gasteiger partial charge in [0.2, 0.25) is 0 Å². The zero-order chi connectivity index (χ0) is 9.31. The van der Waals surface area contributed by atoms with Crippen molar-refractivity contribution in [2.75, 3.05) is 11.5 Å². The number of hydrogen-bond acceptors (Lipinski definition) is 2. The Balaban J connectivity index is 2.32. The van der Waals surface area contributed by atoms with E-state index in [1.807, 2.05) is 31.2 Å². The molecule has 0 N–H and O–H groups in total. The number of rotatable bonds is 1. The molecule has 1 fully saturated rings. The number of aryl methyl sites for hydroxylation is 1. The van der Waals surface area contributed by atoms with Crippen LogP contribution in [-0.2, 0) is 9.73 Å². The van der Waals surface area contributed by atoms with Crippen LogP contribution in [-0.4, -0.2) is 15.7 Å². The molecule has 13 heavy (non-hydrogen) atoms. The van der Waals surface area contributed by atoms with Gasteiger partial charge in [-0.3, -0.25) is 0 Å². The van der Waals surface area contributed by atoms with E-state index in [-0.39, 0.29) is 0 Å². The van der Waals surface area contributed by atoms with Crippen LogP contribution in [0.3, 0.4) is 0 Å². The number of hydrogen-bond donors (Lipinski definition) is 0. The Labute approximate surface area is 79.2 Å². The van der Waals surface area contributed by atoms with Gasteiger partial charge >= 0.3 is 0 Å². The Kier molecular flexibility index (Phi) is 2.12. The Morgan fingerprint density at radius 2 is 1.85 bits per heavy atom. The summed E-state index contributed by atoms with van der Waals surface area (Å²) in [6.45, 7) is 2.03. The fourth-order valence-corrected chi connectivity index (χ4v) is 2.75. The Morgan fingerprint density at radius 1 is 1.23 bits per heavy atom. The zero-order valence-electron chi connectivity index (χ0n) is 7.69. The van der Waals surface area contributed by atoms with Crippen molar-refractivity contribution in [1.82, 2.24) is 0 Å². The molecule has 2 nitrogen and oxygen atoms in total. The van der Waals surface area contributed by atoms with Crippen LogP contribution in [0.2, 0.25) is 0 Å². The predicted octanol–water partition coefficient (Wildman–Crippen LogP) is 2.50. The molecule has 0 unspecified atom stereocenters. The van der Waals surface area contributed by atoms with Crippen molar-refractivity contribution >= 4 is 15.4 Å². The normalized spacial score (nSPS) is 19.2. The fourth-order valence-electron chi connectivity index (χ4n) is 1.28. The van der Waals surface area contributed by atoms with Crippen LogP contribution in [0.1, 0.15) is 12.0 Å². The summed E-state index contributed by atoms with van der Waals surface area (Å²) in [7, 11) is -1.83.